The monoisotopic (exact) mass is 506 g/mol. The first kappa shape index (κ1) is 28.4. The molecule has 0 saturated heterocycles. The van der Waals surface area contributed by atoms with Gasteiger partial charge in [-0.25, -0.2) is 4.79 Å². The zero-order valence-corrected chi connectivity index (χ0v) is 20.9. The van der Waals surface area contributed by atoms with Crippen LogP contribution in [0.3, 0.4) is 0 Å². The average molecular weight is 507 g/mol. The van der Waals surface area contributed by atoms with Crippen molar-refractivity contribution in [2.75, 3.05) is 19.1 Å². The van der Waals surface area contributed by atoms with Crippen molar-refractivity contribution >= 4 is 29.5 Å². The highest BCUT2D eigenvalue weighted by Crippen LogP contribution is 2.28. The number of esters is 3. The number of ether oxygens (including phenoxy) is 4. The Hall–Kier alpha value is -2.80. The van der Waals surface area contributed by atoms with E-state index in [2.05, 4.69) is 13.2 Å². The van der Waals surface area contributed by atoms with Gasteiger partial charge in [-0.15, -0.1) is 11.6 Å². The SMILES string of the molecule is C=CC(=C)OC(=O)C1CCC(OC(=O)c2ccc(OCCCCCCOC(=O)CCCl)cc2)CC1. The molecule has 1 saturated carbocycles. The van der Waals surface area contributed by atoms with Crippen LogP contribution in [-0.4, -0.2) is 43.1 Å². The van der Waals surface area contributed by atoms with E-state index in [0.29, 0.717) is 50.2 Å². The summed E-state index contributed by atoms with van der Waals surface area (Å²) in [5.41, 5.74) is 0.463. The van der Waals surface area contributed by atoms with Crippen molar-refractivity contribution in [1.82, 2.24) is 0 Å². The van der Waals surface area contributed by atoms with Crippen LogP contribution < -0.4 is 4.74 Å². The number of carbonyl (C=O) groups is 3. The number of halogens is 1. The summed E-state index contributed by atoms with van der Waals surface area (Å²) in [6.07, 6.45) is 7.50. The van der Waals surface area contributed by atoms with E-state index in [-0.39, 0.29) is 48.0 Å². The van der Waals surface area contributed by atoms with Crippen molar-refractivity contribution in [3.63, 3.8) is 0 Å². The van der Waals surface area contributed by atoms with E-state index in [1.807, 2.05) is 0 Å². The molecule has 192 valence electrons. The minimum Gasteiger partial charge on any atom is -0.494 e. The maximum absolute atomic E-state index is 12.5. The van der Waals surface area contributed by atoms with Gasteiger partial charge in [-0.05, 0) is 81.7 Å². The molecule has 1 aromatic carbocycles. The fourth-order valence-corrected chi connectivity index (χ4v) is 3.81. The number of hydrogen-bond acceptors (Lipinski definition) is 7. The molecule has 7 nitrogen and oxygen atoms in total. The Bertz CT molecular complexity index is 842. The second kappa shape index (κ2) is 16.0. The van der Waals surface area contributed by atoms with Gasteiger partial charge in [-0.3, -0.25) is 9.59 Å². The normalized spacial score (nSPS) is 17.2. The highest BCUT2D eigenvalue weighted by atomic mass is 35.5. The van der Waals surface area contributed by atoms with Crippen molar-refractivity contribution in [2.24, 2.45) is 5.92 Å². The molecule has 0 aliphatic heterocycles. The molecular formula is C27H35ClO7. The first-order valence-electron chi connectivity index (χ1n) is 12.1. The lowest BCUT2D eigenvalue weighted by Gasteiger charge is -2.27. The van der Waals surface area contributed by atoms with E-state index in [1.54, 1.807) is 24.3 Å². The standard InChI is InChI=1S/C27H35ClO7/c1-3-20(2)34-26(30)21-10-14-24(15-11-21)35-27(31)22-8-12-23(13-9-22)32-18-6-4-5-7-19-33-25(29)16-17-28/h3,8-9,12-13,21,24H,1-2,4-7,10-11,14-19H2. The minimum absolute atomic E-state index is 0.211. The summed E-state index contributed by atoms with van der Waals surface area (Å²) < 4.78 is 21.5. The molecule has 0 amide bonds. The molecule has 0 aromatic heterocycles. The van der Waals surface area contributed by atoms with Gasteiger partial charge in [0.2, 0.25) is 0 Å². The van der Waals surface area contributed by atoms with E-state index in [4.69, 9.17) is 30.5 Å². The Labute approximate surface area is 212 Å². The summed E-state index contributed by atoms with van der Waals surface area (Å²) in [7, 11) is 0. The largest absolute Gasteiger partial charge is 0.494 e. The number of allylic oxidation sites excluding steroid dienone is 1. The summed E-state index contributed by atoms with van der Waals surface area (Å²) in [5, 5.41) is 0. The molecule has 8 heteroatoms. The second-order valence-electron chi connectivity index (χ2n) is 8.42. The fourth-order valence-electron chi connectivity index (χ4n) is 3.66. The van der Waals surface area contributed by atoms with Crippen molar-refractivity contribution in [2.45, 2.75) is 63.9 Å². The molecule has 0 spiro atoms. The predicted octanol–water partition coefficient (Wildman–Crippen LogP) is 5.76. The third-order valence-electron chi connectivity index (χ3n) is 5.70. The Morgan fingerprint density at radius 3 is 2.26 bits per heavy atom. The lowest BCUT2D eigenvalue weighted by atomic mass is 9.87. The zero-order chi connectivity index (χ0) is 25.5. The van der Waals surface area contributed by atoms with Crippen molar-refractivity contribution in [3.8, 4) is 5.75 Å². The maximum Gasteiger partial charge on any atom is 0.338 e. The maximum atomic E-state index is 12.5. The smallest absolute Gasteiger partial charge is 0.338 e. The quantitative estimate of drug-likeness (QED) is 0.0746. The first-order chi connectivity index (χ1) is 16.9. The first-order valence-corrected chi connectivity index (χ1v) is 12.6. The summed E-state index contributed by atoms with van der Waals surface area (Å²) in [5.74, 6) is 0.0692. The Morgan fingerprint density at radius 2 is 1.63 bits per heavy atom. The van der Waals surface area contributed by atoms with Crippen LogP contribution in [0.25, 0.3) is 0 Å². The van der Waals surface area contributed by atoms with Gasteiger partial charge in [0.1, 0.15) is 17.6 Å². The molecule has 0 radical (unpaired) electrons. The number of benzene rings is 1. The van der Waals surface area contributed by atoms with Gasteiger partial charge in [0.05, 0.1) is 31.1 Å². The molecule has 0 N–H and O–H groups in total. The van der Waals surface area contributed by atoms with Gasteiger partial charge < -0.3 is 18.9 Å². The van der Waals surface area contributed by atoms with Crippen LogP contribution in [0.4, 0.5) is 0 Å². The molecular weight excluding hydrogens is 472 g/mol. The minimum atomic E-state index is -0.380. The van der Waals surface area contributed by atoms with E-state index in [1.165, 1.54) is 6.08 Å². The van der Waals surface area contributed by atoms with Gasteiger partial charge in [0, 0.05) is 5.88 Å². The number of alkyl halides is 1. The molecule has 0 bridgehead atoms. The Kier molecular flexibility index (Phi) is 13.0. The van der Waals surface area contributed by atoms with Crippen LogP contribution in [0.5, 0.6) is 5.75 Å². The summed E-state index contributed by atoms with van der Waals surface area (Å²) in [6.45, 7) is 8.11. The third-order valence-corrected chi connectivity index (χ3v) is 5.89. The second-order valence-corrected chi connectivity index (χ2v) is 8.79. The number of hydrogen-bond donors (Lipinski definition) is 0. The summed E-state index contributed by atoms with van der Waals surface area (Å²) in [6, 6.07) is 6.89. The third kappa shape index (κ3) is 11.0. The summed E-state index contributed by atoms with van der Waals surface area (Å²) in [4.78, 5) is 35.7. The van der Waals surface area contributed by atoms with Crippen molar-refractivity contribution in [1.29, 1.82) is 0 Å². The van der Waals surface area contributed by atoms with Crippen LogP contribution in [0, 0.1) is 5.92 Å². The van der Waals surface area contributed by atoms with Gasteiger partial charge in [0.25, 0.3) is 0 Å². The number of carbonyl (C=O) groups excluding carboxylic acids is 3. The topological polar surface area (TPSA) is 88.1 Å². The van der Waals surface area contributed by atoms with Gasteiger partial charge >= 0.3 is 17.9 Å². The molecule has 1 fully saturated rings. The molecule has 2 rings (SSSR count). The van der Waals surface area contributed by atoms with E-state index < -0.39 is 0 Å². The van der Waals surface area contributed by atoms with Crippen molar-refractivity contribution < 1.29 is 33.3 Å². The number of rotatable bonds is 15. The van der Waals surface area contributed by atoms with Crippen LogP contribution in [0.2, 0.25) is 0 Å². The van der Waals surface area contributed by atoms with Gasteiger partial charge in [-0.1, -0.05) is 13.2 Å². The Morgan fingerprint density at radius 1 is 0.971 bits per heavy atom. The van der Waals surface area contributed by atoms with Crippen LogP contribution in [0.1, 0.15) is 68.1 Å². The van der Waals surface area contributed by atoms with E-state index in [9.17, 15) is 14.4 Å². The number of unbranched alkanes of at least 4 members (excludes halogenated alkanes) is 3. The molecule has 1 aromatic rings. The van der Waals surface area contributed by atoms with E-state index >= 15 is 0 Å². The zero-order valence-electron chi connectivity index (χ0n) is 20.2. The fraction of sp³-hybridized carbons (Fsp3) is 0.519. The Balaban J connectivity index is 1.60. The van der Waals surface area contributed by atoms with E-state index in [0.717, 1.165) is 25.7 Å². The predicted molar refractivity (Wildman–Crippen MR) is 133 cm³/mol. The molecule has 0 unspecified atom stereocenters. The lowest BCUT2D eigenvalue weighted by Crippen LogP contribution is -2.28. The van der Waals surface area contributed by atoms with Crippen LogP contribution in [-0.2, 0) is 23.8 Å². The van der Waals surface area contributed by atoms with Gasteiger partial charge in [0.15, 0.2) is 0 Å². The lowest BCUT2D eigenvalue weighted by molar-refractivity contribution is -0.145. The molecule has 35 heavy (non-hydrogen) atoms. The van der Waals surface area contributed by atoms with Crippen LogP contribution in [0.15, 0.2) is 49.3 Å². The van der Waals surface area contributed by atoms with Crippen molar-refractivity contribution in [3.05, 3.63) is 54.8 Å². The van der Waals surface area contributed by atoms with Gasteiger partial charge in [-0.2, -0.15) is 0 Å². The molecule has 0 atom stereocenters. The highest BCUT2D eigenvalue weighted by molar-refractivity contribution is 6.18. The molecule has 0 heterocycles. The molecule has 1 aliphatic carbocycles. The highest BCUT2D eigenvalue weighted by Gasteiger charge is 2.29. The average Bonchev–Trinajstić information content (AvgIpc) is 2.86. The molecule has 1 aliphatic rings. The van der Waals surface area contributed by atoms with Crippen LogP contribution >= 0.6 is 11.6 Å². The summed E-state index contributed by atoms with van der Waals surface area (Å²) >= 11 is 5.48.